The number of carbonyl (C=O) groups excluding carboxylic acids is 12. The van der Waals surface area contributed by atoms with Crippen LogP contribution in [-0.4, -0.2) is 217 Å². The van der Waals surface area contributed by atoms with Crippen LogP contribution in [0, 0.1) is 41.4 Å². The van der Waals surface area contributed by atoms with Gasteiger partial charge in [0.1, 0.15) is 0 Å². The molecule has 0 bridgehead atoms. The number of hydrogen-bond donors (Lipinski definition) is 3. The molecule has 5 fully saturated rings. The molecule has 0 aromatic rings. The van der Waals surface area contributed by atoms with Gasteiger partial charge in [-0.2, -0.15) is 9.59 Å². The lowest BCUT2D eigenvalue weighted by Crippen LogP contribution is -2.39. The molecule has 5 saturated heterocycles. The molecular weight excluding hydrogens is 1280 g/mol. The van der Waals surface area contributed by atoms with Gasteiger partial charge in [-0.25, -0.2) is 0 Å². The lowest BCUT2D eigenvalue weighted by Gasteiger charge is -2.23. The third kappa shape index (κ3) is 42.1. The predicted molar refractivity (Wildman–Crippen MR) is 373 cm³/mol. The molecule has 0 aromatic carbocycles. The number of esters is 5. The van der Waals surface area contributed by atoms with E-state index in [9.17, 15) is 58.2 Å². The first-order valence-corrected chi connectivity index (χ1v) is 37.5. The zero-order valence-corrected chi connectivity index (χ0v) is 62.6. The smallest absolute Gasteiger partial charge is 0.373 e. The van der Waals surface area contributed by atoms with Crippen LogP contribution in [-0.2, 0) is 81.2 Å². The standard InChI is InChI=1S/C19H35NO3.C15H27NO3.C14H25NO4.C13H23NO5.C12H21NO3.CO2/c1-4-7-9-10-12-23-19(22)17-13-18(21)20(15-17)14-16(6-3)11-8-5-2;1-4-5-6-7-8-19-15(18)13-9-14(17)16(11-13)10-12(2)3;1-3-4-5-6-7-19-14(18)12-8-13(17)15(10-12)9-11(2)16;1-2-3-4-5-6-19-13(18)10-7-11(16)14(8-10)12(17)9-15;1-3-4-5-6-7-16-12(15)10-8-11(14)13(2)9-10;2-1-3/h16-17H,4-15H2,1-3H3;12-13H,4-11H2,1-3H3;11-12,16H,3-10H2,1-2H3;10,12,15,17H,2-9H2,1H3;10H,3-9H2,1-2H3;. The maximum Gasteiger partial charge on any atom is 0.373 e. The van der Waals surface area contributed by atoms with Gasteiger partial charge in [0.2, 0.25) is 29.5 Å². The number of β-amino-alcohol motifs (C(OH)–C–C–N with tert-alkyl or cyclic N) is 1. The molecule has 0 aromatic heterocycles. The molecule has 99 heavy (non-hydrogen) atoms. The molecule has 8 atom stereocenters. The average Bonchev–Trinajstić information content (AvgIpc) is 1.75. The van der Waals surface area contributed by atoms with Crippen molar-refractivity contribution in [3.63, 3.8) is 0 Å². The number of nitrogens with zero attached hydrogens (tertiary/aromatic N) is 5. The van der Waals surface area contributed by atoms with Gasteiger partial charge in [0.15, 0.2) is 6.23 Å². The summed E-state index contributed by atoms with van der Waals surface area (Å²) in [6.07, 6.45) is 25.9. The van der Waals surface area contributed by atoms with Gasteiger partial charge in [-0.3, -0.25) is 47.9 Å². The quantitative estimate of drug-likeness (QED) is 0.0291. The normalized spacial score (nSPS) is 19.4. The van der Waals surface area contributed by atoms with Gasteiger partial charge >= 0.3 is 36.0 Å². The van der Waals surface area contributed by atoms with Crippen molar-refractivity contribution in [2.45, 2.75) is 268 Å². The first-order chi connectivity index (χ1) is 47.4. The fourth-order valence-corrected chi connectivity index (χ4v) is 11.7. The summed E-state index contributed by atoms with van der Waals surface area (Å²) < 4.78 is 26.1. The van der Waals surface area contributed by atoms with Crippen molar-refractivity contribution < 1.29 is 96.5 Å². The maximum atomic E-state index is 12.1. The number of ether oxygens (including phenoxy) is 5. The molecule has 5 aliphatic heterocycles. The van der Waals surface area contributed by atoms with Crippen molar-refractivity contribution in [3.05, 3.63) is 0 Å². The van der Waals surface area contributed by atoms with E-state index in [1.54, 1.807) is 23.8 Å². The summed E-state index contributed by atoms with van der Waals surface area (Å²) in [7, 11) is 1.72. The van der Waals surface area contributed by atoms with E-state index in [2.05, 4.69) is 62.3 Å². The number of rotatable bonds is 42. The zero-order chi connectivity index (χ0) is 74.5. The van der Waals surface area contributed by atoms with Gasteiger partial charge < -0.3 is 63.5 Å². The molecule has 5 rings (SSSR count). The highest BCUT2D eigenvalue weighted by Crippen LogP contribution is 2.26. The summed E-state index contributed by atoms with van der Waals surface area (Å²) in [4.78, 5) is 142. The van der Waals surface area contributed by atoms with E-state index in [1.165, 1.54) is 62.7 Å². The first kappa shape index (κ1) is 93.0. The molecule has 0 saturated carbocycles. The Hall–Kier alpha value is -6.04. The van der Waals surface area contributed by atoms with E-state index in [4.69, 9.17) is 38.4 Å². The Morgan fingerprint density at radius 3 is 0.990 bits per heavy atom. The molecule has 8 unspecified atom stereocenters. The van der Waals surface area contributed by atoms with E-state index in [0.717, 1.165) is 114 Å². The number of hydrogen-bond acceptors (Lipinski definition) is 20. The number of likely N-dealkylation sites (tertiary alicyclic amines) is 5. The molecule has 5 amide bonds. The van der Waals surface area contributed by atoms with E-state index in [0.29, 0.717) is 96.9 Å². The predicted octanol–water partition coefficient (Wildman–Crippen LogP) is 9.40. The number of unbranched alkanes of at least 4 members (excludes halogenated alkanes) is 16. The van der Waals surface area contributed by atoms with Gasteiger partial charge in [-0.1, -0.05) is 178 Å². The molecule has 0 radical (unpaired) electrons. The summed E-state index contributed by atoms with van der Waals surface area (Å²) in [5.74, 6) is -2.07. The fraction of sp³-hybridized carbons (Fsp3) is 0.851. The second kappa shape index (κ2) is 57.6. The van der Waals surface area contributed by atoms with Gasteiger partial charge in [0.25, 0.3) is 0 Å². The van der Waals surface area contributed by atoms with E-state index in [-0.39, 0.29) is 103 Å². The van der Waals surface area contributed by atoms with Gasteiger partial charge in [0.05, 0.1) is 75.3 Å². The number of aliphatic hydroxyl groups excluding tert-OH is 3. The van der Waals surface area contributed by atoms with Crippen LogP contribution < -0.4 is 0 Å². The molecule has 5 aliphatic rings. The van der Waals surface area contributed by atoms with E-state index >= 15 is 0 Å². The monoisotopic (exact) mass is 1410 g/mol. The second-order valence-electron chi connectivity index (χ2n) is 27.3. The molecule has 572 valence electrons. The highest BCUT2D eigenvalue weighted by molar-refractivity contribution is 5.89. The van der Waals surface area contributed by atoms with Gasteiger partial charge in [-0.15, -0.1) is 0 Å². The minimum atomic E-state index is -1.23. The van der Waals surface area contributed by atoms with Crippen molar-refractivity contribution in [3.8, 4) is 0 Å². The van der Waals surface area contributed by atoms with Crippen LogP contribution >= 0.6 is 0 Å². The lowest BCUT2D eigenvalue weighted by atomic mass is 9.99. The van der Waals surface area contributed by atoms with Crippen LogP contribution in [0.25, 0.3) is 0 Å². The summed E-state index contributed by atoms with van der Waals surface area (Å²) >= 11 is 0. The SMILES string of the molecule is CCCCCCOC(=O)C1CC(=O)N(C(O)CO)C1.CCCCCCOC(=O)C1CC(=O)N(C)C1.CCCCCCOC(=O)C1CC(=O)N(CC(C)C)C1.CCCCCCOC(=O)C1CC(=O)N(CC(C)O)C1.CCCCCCOC(=O)C1CC(=O)N(CC(CC)CCCC)C1.O=C=O. The van der Waals surface area contributed by atoms with Crippen LogP contribution in [0.4, 0.5) is 0 Å². The third-order valence-electron chi connectivity index (χ3n) is 17.6. The zero-order valence-electron chi connectivity index (χ0n) is 62.6. The van der Waals surface area contributed by atoms with Crippen LogP contribution in [0.15, 0.2) is 0 Å². The highest BCUT2D eigenvalue weighted by Gasteiger charge is 2.40. The first-order valence-electron chi connectivity index (χ1n) is 37.5. The van der Waals surface area contributed by atoms with Crippen molar-refractivity contribution in [1.82, 2.24) is 24.5 Å². The van der Waals surface area contributed by atoms with Crippen LogP contribution in [0.1, 0.15) is 255 Å². The Balaban J connectivity index is 0.00000120. The van der Waals surface area contributed by atoms with E-state index < -0.39 is 30.8 Å². The van der Waals surface area contributed by atoms with Gasteiger partial charge in [-0.05, 0) is 57.3 Å². The van der Waals surface area contributed by atoms with Crippen molar-refractivity contribution in [1.29, 1.82) is 0 Å². The number of aliphatic hydroxyl groups is 3. The van der Waals surface area contributed by atoms with Crippen molar-refractivity contribution in [2.24, 2.45) is 41.4 Å². The molecule has 0 spiro atoms. The topological polar surface area (TPSA) is 328 Å². The summed E-state index contributed by atoms with van der Waals surface area (Å²) in [5, 5.41) is 27.5. The van der Waals surface area contributed by atoms with E-state index in [1.807, 2.05) is 4.90 Å². The van der Waals surface area contributed by atoms with Gasteiger partial charge in [0, 0.05) is 91.5 Å². The number of amides is 5. The molecule has 25 heteroatoms. The molecular formula is C74H131N5O20. The molecule has 0 aliphatic carbocycles. The Morgan fingerprint density at radius 2 is 0.707 bits per heavy atom. The Bertz CT molecular complexity index is 2260. The lowest BCUT2D eigenvalue weighted by molar-refractivity contribution is -0.192. The third-order valence-corrected chi connectivity index (χ3v) is 17.6. The largest absolute Gasteiger partial charge is 0.465 e. The molecule has 25 nitrogen and oxygen atoms in total. The van der Waals surface area contributed by atoms with Crippen molar-refractivity contribution in [2.75, 3.05) is 99.0 Å². The second-order valence-corrected chi connectivity index (χ2v) is 27.3. The maximum absolute atomic E-state index is 12.1. The molecule has 3 N–H and O–H groups in total. The fourth-order valence-electron chi connectivity index (χ4n) is 11.7. The number of carbonyl (C=O) groups is 10. The molecule has 5 heterocycles. The van der Waals surface area contributed by atoms with Crippen molar-refractivity contribution >= 4 is 65.5 Å². The highest BCUT2D eigenvalue weighted by atomic mass is 16.5. The Kier molecular flexibility index (Phi) is 54.1. The van der Waals surface area contributed by atoms with Crippen LogP contribution in [0.2, 0.25) is 0 Å². The summed E-state index contributed by atoms with van der Waals surface area (Å²) in [6.45, 7) is 26.6. The Morgan fingerprint density at radius 1 is 0.414 bits per heavy atom. The Labute approximate surface area is 592 Å². The van der Waals surface area contributed by atoms with Crippen LogP contribution in [0.3, 0.4) is 0 Å². The average molecular weight is 1410 g/mol. The summed E-state index contributed by atoms with van der Waals surface area (Å²) in [5.41, 5.74) is 0. The van der Waals surface area contributed by atoms with Crippen LogP contribution in [0.5, 0.6) is 0 Å². The minimum absolute atomic E-state index is 0.0351. The minimum Gasteiger partial charge on any atom is -0.465 e. The summed E-state index contributed by atoms with van der Waals surface area (Å²) in [6, 6.07) is 0.